The molecule has 0 saturated carbocycles. The third-order valence-corrected chi connectivity index (χ3v) is 9.18. The Morgan fingerprint density at radius 3 is 2.14 bits per heavy atom. The Hall–Kier alpha value is -3.87. The lowest BCUT2D eigenvalue weighted by Gasteiger charge is -2.34. The van der Waals surface area contributed by atoms with Gasteiger partial charge < -0.3 is 25.8 Å². The largest absolute Gasteiger partial charge is 0.451 e. The Bertz CT molecular complexity index is 1540. The van der Waals surface area contributed by atoms with Crippen molar-refractivity contribution in [3.8, 4) is 0 Å². The van der Waals surface area contributed by atoms with Gasteiger partial charge >= 0.3 is 18.4 Å². The molecule has 1 aromatic heterocycles. The van der Waals surface area contributed by atoms with Gasteiger partial charge in [-0.25, -0.2) is 14.8 Å². The number of hydrogen-bond donors (Lipinski definition) is 4. The zero-order valence-electron chi connectivity index (χ0n) is 26.5. The van der Waals surface area contributed by atoms with Gasteiger partial charge in [-0.1, -0.05) is 12.1 Å². The Morgan fingerprint density at radius 2 is 1.51 bits per heavy atom. The summed E-state index contributed by atoms with van der Waals surface area (Å²) in [5.74, 6) is -1.96. The van der Waals surface area contributed by atoms with Crippen molar-refractivity contribution in [1.82, 2.24) is 25.9 Å². The molecule has 3 heterocycles. The van der Waals surface area contributed by atoms with Gasteiger partial charge in [0.25, 0.3) is 10.1 Å². The highest BCUT2D eigenvalue weighted by Crippen LogP contribution is 2.34. The highest BCUT2D eigenvalue weighted by Gasteiger charge is 2.39. The fourth-order valence-corrected chi connectivity index (χ4v) is 6.24. The number of urea groups is 1. The van der Waals surface area contributed by atoms with Crippen LogP contribution in [0.5, 0.6) is 0 Å². The summed E-state index contributed by atoms with van der Waals surface area (Å²) >= 11 is 0. The normalized spacial score (nSPS) is 17.7. The lowest BCUT2D eigenvalue weighted by Crippen LogP contribution is -2.44. The summed E-state index contributed by atoms with van der Waals surface area (Å²) in [5.41, 5.74) is -0.188. The zero-order valence-corrected chi connectivity index (χ0v) is 27.3. The van der Waals surface area contributed by atoms with Gasteiger partial charge in [0.15, 0.2) is 0 Å². The van der Waals surface area contributed by atoms with Gasteiger partial charge in [0, 0.05) is 45.3 Å². The number of rotatable bonds is 13. The number of hydrogen-bond acceptors (Lipinski definition) is 8. The molecule has 19 heteroatoms. The average molecular weight is 724 g/mol. The molecule has 49 heavy (non-hydrogen) atoms. The van der Waals surface area contributed by atoms with E-state index in [1.807, 2.05) is 0 Å². The van der Waals surface area contributed by atoms with Crippen molar-refractivity contribution in [1.29, 1.82) is 0 Å². The minimum absolute atomic E-state index is 0.0132. The first-order valence-corrected chi connectivity index (χ1v) is 17.5. The molecule has 272 valence electrons. The fourth-order valence-electron chi connectivity index (χ4n) is 5.88. The first-order valence-electron chi connectivity index (χ1n) is 15.9. The lowest BCUT2D eigenvalue weighted by molar-refractivity contribution is -0.144. The summed E-state index contributed by atoms with van der Waals surface area (Å²) in [6.45, 7) is 1.42. The number of carbonyl (C=O) groups excluding carboxylic acids is 2. The molecule has 12 nitrogen and oxygen atoms in total. The Morgan fingerprint density at radius 1 is 0.857 bits per heavy atom. The lowest BCUT2D eigenvalue weighted by atomic mass is 9.92. The second-order valence-electron chi connectivity index (χ2n) is 12.0. The summed E-state index contributed by atoms with van der Waals surface area (Å²) in [7, 11) is -4.17. The number of benzene rings is 1. The summed E-state index contributed by atoms with van der Waals surface area (Å²) in [4.78, 5) is 35.7. The van der Waals surface area contributed by atoms with Gasteiger partial charge in [0.05, 0.1) is 11.3 Å². The molecule has 1 unspecified atom stereocenters. The van der Waals surface area contributed by atoms with Crippen LogP contribution in [0.2, 0.25) is 0 Å². The predicted octanol–water partition coefficient (Wildman–Crippen LogP) is 4.03. The Kier molecular flexibility index (Phi) is 12.6. The summed E-state index contributed by atoms with van der Waals surface area (Å²) in [5, 5.41) is 7.68. The minimum Gasteiger partial charge on any atom is -0.356 e. The number of carbonyl (C=O) groups is 2. The van der Waals surface area contributed by atoms with Crippen LogP contribution in [0.3, 0.4) is 0 Å². The molecule has 0 bridgehead atoms. The van der Waals surface area contributed by atoms with Crippen LogP contribution in [-0.2, 0) is 33.7 Å². The van der Waals surface area contributed by atoms with Crippen LogP contribution in [0.15, 0.2) is 30.3 Å². The van der Waals surface area contributed by atoms with E-state index < -0.39 is 57.6 Å². The molecule has 2 aromatic rings. The molecule has 4 N–H and O–H groups in total. The maximum absolute atomic E-state index is 13.9. The third-order valence-electron chi connectivity index (χ3n) is 8.46. The number of aromatic nitrogens is 2. The number of halogens is 6. The molecule has 0 aliphatic carbocycles. The Balaban J connectivity index is 1.30. The maximum atomic E-state index is 13.9. The molecule has 2 aliphatic rings. The molecule has 1 aromatic carbocycles. The van der Waals surface area contributed by atoms with Crippen molar-refractivity contribution in [2.24, 2.45) is 5.92 Å². The molecule has 1 atom stereocenters. The Labute approximate surface area is 279 Å². The highest BCUT2D eigenvalue weighted by atomic mass is 32.2. The molecule has 0 spiro atoms. The van der Waals surface area contributed by atoms with Crippen LogP contribution in [0.25, 0.3) is 0 Å². The third kappa shape index (κ3) is 11.6. The van der Waals surface area contributed by atoms with E-state index in [1.54, 1.807) is 4.90 Å². The van der Waals surface area contributed by atoms with Crippen molar-refractivity contribution >= 4 is 33.7 Å². The number of nitrogens with zero attached hydrogens (tertiary/aromatic N) is 4. The minimum atomic E-state index is -4.83. The first-order chi connectivity index (χ1) is 23.0. The summed E-state index contributed by atoms with van der Waals surface area (Å²) < 4.78 is 110. The molecule has 3 amide bonds. The quantitative estimate of drug-likeness (QED) is 0.136. The smallest absolute Gasteiger partial charge is 0.356 e. The number of amides is 3. The molecular formula is C30H39F6N7O5S. The molecule has 2 fully saturated rings. The van der Waals surface area contributed by atoms with E-state index in [0.717, 1.165) is 18.6 Å². The maximum Gasteiger partial charge on any atom is 0.451 e. The van der Waals surface area contributed by atoms with Crippen molar-refractivity contribution in [3.63, 3.8) is 0 Å². The van der Waals surface area contributed by atoms with E-state index in [2.05, 4.69) is 25.9 Å². The van der Waals surface area contributed by atoms with Crippen molar-refractivity contribution in [2.75, 3.05) is 54.8 Å². The number of piperidine rings is 1. The van der Waals surface area contributed by atoms with Crippen LogP contribution < -0.4 is 25.8 Å². The van der Waals surface area contributed by atoms with Gasteiger partial charge in [-0.3, -0.25) is 9.35 Å². The monoisotopic (exact) mass is 723 g/mol. The van der Waals surface area contributed by atoms with Crippen LogP contribution in [0, 0.1) is 5.92 Å². The van der Waals surface area contributed by atoms with Gasteiger partial charge in [0.2, 0.25) is 11.7 Å². The van der Waals surface area contributed by atoms with E-state index in [4.69, 9.17) is 4.55 Å². The van der Waals surface area contributed by atoms with Crippen LogP contribution in [0.4, 0.5) is 42.8 Å². The number of nitrogens with one attached hydrogen (secondary N) is 3. The van der Waals surface area contributed by atoms with E-state index in [1.165, 1.54) is 23.1 Å². The van der Waals surface area contributed by atoms with Crippen molar-refractivity contribution in [2.45, 2.75) is 63.3 Å². The van der Waals surface area contributed by atoms with Crippen LogP contribution in [0.1, 0.15) is 55.5 Å². The van der Waals surface area contributed by atoms with Crippen LogP contribution in [-0.4, -0.2) is 85.9 Å². The standard InChI is InChI=1S/C30H39F6N7O5S/c31-29(32,33)22-7-5-21(6-8-22)9-13-37-26(44)23-4-2-15-43(23)25-19-24(40-27(41-25)30(34,35)36)42-16-10-20(11-17-42)3-1-12-38-28(45)39-14-18-49(46,47)48/h5-8,19-20,23H,1-4,9-18H2,(H,37,44)(H2,38,39,45)(H,46,47,48). The predicted molar refractivity (Wildman–Crippen MR) is 168 cm³/mol. The first kappa shape index (κ1) is 37.9. The second-order valence-corrected chi connectivity index (χ2v) is 13.6. The van der Waals surface area contributed by atoms with E-state index in [-0.39, 0.29) is 37.1 Å². The molecular weight excluding hydrogens is 684 g/mol. The van der Waals surface area contributed by atoms with Crippen LogP contribution >= 0.6 is 0 Å². The average Bonchev–Trinajstić information content (AvgIpc) is 3.52. The summed E-state index contributed by atoms with van der Waals surface area (Å²) in [6, 6.07) is 4.73. The van der Waals surface area contributed by atoms with Crippen molar-refractivity contribution < 1.29 is 48.9 Å². The van der Waals surface area contributed by atoms with Crippen molar-refractivity contribution in [3.05, 3.63) is 47.3 Å². The molecule has 2 aliphatic heterocycles. The number of anilines is 2. The van der Waals surface area contributed by atoms with Gasteiger partial charge in [-0.15, -0.1) is 0 Å². The van der Waals surface area contributed by atoms with E-state index in [9.17, 15) is 44.3 Å². The highest BCUT2D eigenvalue weighted by molar-refractivity contribution is 7.85. The molecule has 0 radical (unpaired) electrons. The SMILES string of the molecule is O=C(NCCCC1CCN(c2cc(N3CCCC3C(=O)NCCc3ccc(C(F)(F)F)cc3)nc(C(F)(F)F)n2)CC1)NCCS(=O)(=O)O. The summed E-state index contributed by atoms with van der Waals surface area (Å²) in [6.07, 6.45) is -5.33. The topological polar surface area (TPSA) is 157 Å². The van der Waals surface area contributed by atoms with E-state index in [0.29, 0.717) is 63.8 Å². The van der Waals surface area contributed by atoms with Gasteiger partial charge in [0.1, 0.15) is 17.7 Å². The zero-order chi connectivity index (χ0) is 35.8. The van der Waals surface area contributed by atoms with Gasteiger partial charge in [-0.05, 0) is 68.6 Å². The van der Waals surface area contributed by atoms with Gasteiger partial charge in [-0.2, -0.15) is 34.8 Å². The van der Waals surface area contributed by atoms with E-state index >= 15 is 0 Å². The molecule has 4 rings (SSSR count). The molecule has 2 saturated heterocycles. The number of alkyl halides is 6. The second kappa shape index (κ2) is 16.2. The fraction of sp³-hybridized carbons (Fsp3) is 0.600.